The minimum atomic E-state index is -1.05. The van der Waals surface area contributed by atoms with E-state index >= 15 is 0 Å². The lowest BCUT2D eigenvalue weighted by Crippen LogP contribution is -2.26. The fourth-order valence-electron chi connectivity index (χ4n) is 3.34. The largest absolute Gasteiger partial charge is 0.494 e. The lowest BCUT2D eigenvalue weighted by atomic mass is 10.1. The van der Waals surface area contributed by atoms with Gasteiger partial charge in [0.25, 0.3) is 0 Å². The van der Waals surface area contributed by atoms with E-state index in [2.05, 4.69) is 4.90 Å². The van der Waals surface area contributed by atoms with E-state index in [1.54, 1.807) is 0 Å². The van der Waals surface area contributed by atoms with E-state index in [4.69, 9.17) is 9.84 Å². The summed E-state index contributed by atoms with van der Waals surface area (Å²) < 4.78 is 5.82. The lowest BCUT2D eigenvalue weighted by Gasteiger charge is -2.19. The summed E-state index contributed by atoms with van der Waals surface area (Å²) in [5, 5.41) is 8.57. The van der Waals surface area contributed by atoms with E-state index in [1.807, 2.05) is 24.3 Å². The molecule has 0 saturated carbocycles. The molecule has 0 amide bonds. The van der Waals surface area contributed by atoms with Crippen LogP contribution >= 0.6 is 0 Å². The number of aryl methyl sites for hydroxylation is 1. The molecule has 0 bridgehead atoms. The summed E-state index contributed by atoms with van der Waals surface area (Å²) in [6, 6.07) is 7.98. The number of aliphatic carboxylic acids is 1. The lowest BCUT2D eigenvalue weighted by molar-refractivity contribution is -0.140. The number of ketones is 1. The molecule has 0 atom stereocenters. The molecule has 0 radical (unpaired) electrons. The number of carbonyl (C=O) groups excluding carboxylic acids is 1. The van der Waals surface area contributed by atoms with Crippen molar-refractivity contribution in [3.8, 4) is 5.75 Å². The Labute approximate surface area is 156 Å². The maximum atomic E-state index is 11.4. The van der Waals surface area contributed by atoms with E-state index in [0.717, 1.165) is 37.3 Å². The Morgan fingerprint density at radius 1 is 1.00 bits per heavy atom. The summed E-state index contributed by atoms with van der Waals surface area (Å²) in [5.41, 5.74) is 1.14. The van der Waals surface area contributed by atoms with E-state index in [0.29, 0.717) is 12.8 Å². The van der Waals surface area contributed by atoms with Gasteiger partial charge in [-0.1, -0.05) is 25.0 Å². The van der Waals surface area contributed by atoms with E-state index in [1.165, 1.54) is 38.8 Å². The molecule has 1 saturated heterocycles. The molecule has 1 N–H and O–H groups in total. The Morgan fingerprint density at radius 2 is 1.69 bits per heavy atom. The number of nitrogens with zero attached hydrogens (tertiary/aromatic N) is 1. The number of carbonyl (C=O) groups is 2. The molecular formula is C21H31NO4. The highest BCUT2D eigenvalue weighted by Crippen LogP contribution is 2.15. The average Bonchev–Trinajstić information content (AvgIpc) is 2.88. The zero-order chi connectivity index (χ0) is 18.6. The van der Waals surface area contributed by atoms with Crippen molar-refractivity contribution in [2.75, 3.05) is 26.2 Å². The summed E-state index contributed by atoms with van der Waals surface area (Å²) in [6.07, 6.45) is 7.84. The number of benzene rings is 1. The number of carboxylic acids is 1. The zero-order valence-electron chi connectivity index (χ0n) is 15.6. The van der Waals surface area contributed by atoms with Crippen molar-refractivity contribution in [3.63, 3.8) is 0 Å². The zero-order valence-corrected chi connectivity index (χ0v) is 15.6. The number of rotatable bonds is 11. The fourth-order valence-corrected chi connectivity index (χ4v) is 3.34. The minimum absolute atomic E-state index is 0.207. The second kappa shape index (κ2) is 11.7. The van der Waals surface area contributed by atoms with Gasteiger partial charge in [0.1, 0.15) is 18.0 Å². The Hall–Kier alpha value is -1.88. The molecule has 1 heterocycles. The monoisotopic (exact) mass is 361 g/mol. The van der Waals surface area contributed by atoms with Crippen molar-refractivity contribution in [3.05, 3.63) is 29.8 Å². The molecule has 5 nitrogen and oxygen atoms in total. The quantitative estimate of drug-likeness (QED) is 0.481. The van der Waals surface area contributed by atoms with E-state index < -0.39 is 5.97 Å². The molecule has 1 aromatic rings. The molecule has 0 aromatic heterocycles. The van der Waals surface area contributed by atoms with Gasteiger partial charge in [0.2, 0.25) is 0 Å². The van der Waals surface area contributed by atoms with Gasteiger partial charge in [0.15, 0.2) is 0 Å². The van der Waals surface area contributed by atoms with Gasteiger partial charge >= 0.3 is 5.97 Å². The van der Waals surface area contributed by atoms with Gasteiger partial charge in [0, 0.05) is 13.0 Å². The highest BCUT2D eigenvalue weighted by molar-refractivity contribution is 5.94. The van der Waals surface area contributed by atoms with Crippen molar-refractivity contribution in [1.82, 2.24) is 4.90 Å². The van der Waals surface area contributed by atoms with Crippen LogP contribution in [-0.2, 0) is 16.0 Å². The molecule has 0 aliphatic carbocycles. The Morgan fingerprint density at radius 3 is 2.35 bits per heavy atom. The van der Waals surface area contributed by atoms with Gasteiger partial charge < -0.3 is 14.7 Å². The van der Waals surface area contributed by atoms with Gasteiger partial charge in [-0.3, -0.25) is 9.59 Å². The molecule has 1 aliphatic rings. The van der Waals surface area contributed by atoms with Crippen LogP contribution in [0, 0.1) is 0 Å². The maximum absolute atomic E-state index is 11.4. The Bertz CT molecular complexity index is 548. The molecule has 144 valence electrons. The van der Waals surface area contributed by atoms with Crippen molar-refractivity contribution in [1.29, 1.82) is 0 Å². The maximum Gasteiger partial charge on any atom is 0.310 e. The first-order chi connectivity index (χ1) is 12.6. The van der Waals surface area contributed by atoms with Crippen LogP contribution in [0.1, 0.15) is 56.9 Å². The van der Waals surface area contributed by atoms with Crippen LogP contribution in [-0.4, -0.2) is 48.0 Å². The number of hydrogen-bond donors (Lipinski definition) is 1. The third-order valence-corrected chi connectivity index (χ3v) is 4.78. The predicted octanol–water partition coefficient (Wildman–Crippen LogP) is 3.70. The molecule has 0 spiro atoms. The Balaban J connectivity index is 1.59. The van der Waals surface area contributed by atoms with Crippen LogP contribution < -0.4 is 4.74 Å². The summed E-state index contributed by atoms with van der Waals surface area (Å²) in [7, 11) is 0. The van der Waals surface area contributed by atoms with Crippen LogP contribution in [0.4, 0.5) is 0 Å². The third kappa shape index (κ3) is 8.48. The molecule has 1 aromatic carbocycles. The van der Waals surface area contributed by atoms with Crippen LogP contribution in [0.3, 0.4) is 0 Å². The molecule has 0 unspecified atom stereocenters. The highest BCUT2D eigenvalue weighted by Gasteiger charge is 2.09. The minimum Gasteiger partial charge on any atom is -0.494 e. The molecule has 1 aliphatic heterocycles. The summed E-state index contributed by atoms with van der Waals surface area (Å²) >= 11 is 0. The summed E-state index contributed by atoms with van der Waals surface area (Å²) in [5.74, 6) is -0.374. The second-order valence-electron chi connectivity index (χ2n) is 7.06. The second-order valence-corrected chi connectivity index (χ2v) is 7.06. The summed E-state index contributed by atoms with van der Waals surface area (Å²) in [6.45, 7) is 4.30. The van der Waals surface area contributed by atoms with E-state index in [-0.39, 0.29) is 12.2 Å². The number of likely N-dealkylation sites (tertiary alicyclic amines) is 1. The highest BCUT2D eigenvalue weighted by atomic mass is 16.5. The predicted molar refractivity (Wildman–Crippen MR) is 102 cm³/mol. The van der Waals surface area contributed by atoms with Gasteiger partial charge in [-0.15, -0.1) is 0 Å². The molecule has 2 rings (SSSR count). The first-order valence-electron chi connectivity index (χ1n) is 9.81. The van der Waals surface area contributed by atoms with Crippen molar-refractivity contribution < 1.29 is 19.4 Å². The first-order valence-corrected chi connectivity index (χ1v) is 9.81. The van der Waals surface area contributed by atoms with Crippen molar-refractivity contribution in [2.24, 2.45) is 0 Å². The fraction of sp³-hybridized carbons (Fsp3) is 0.619. The van der Waals surface area contributed by atoms with Crippen molar-refractivity contribution >= 4 is 11.8 Å². The number of carboxylic acid groups (broad SMARTS) is 1. The normalized spacial score (nSPS) is 15.4. The van der Waals surface area contributed by atoms with Gasteiger partial charge in [-0.2, -0.15) is 0 Å². The molecule has 1 fully saturated rings. The first kappa shape index (κ1) is 20.4. The third-order valence-electron chi connectivity index (χ3n) is 4.78. The SMILES string of the molecule is O=C(O)CC(=O)CCCc1ccc(OCCCN2CCCCCC2)cc1. The van der Waals surface area contributed by atoms with Crippen LogP contribution in [0.5, 0.6) is 5.75 Å². The number of ether oxygens (including phenoxy) is 1. The van der Waals surface area contributed by atoms with Gasteiger partial charge in [-0.05, 0) is 62.9 Å². The average molecular weight is 361 g/mol. The van der Waals surface area contributed by atoms with E-state index in [9.17, 15) is 9.59 Å². The van der Waals surface area contributed by atoms with Crippen LogP contribution in [0.15, 0.2) is 24.3 Å². The smallest absolute Gasteiger partial charge is 0.310 e. The van der Waals surface area contributed by atoms with Gasteiger partial charge in [-0.25, -0.2) is 0 Å². The van der Waals surface area contributed by atoms with Crippen LogP contribution in [0.25, 0.3) is 0 Å². The van der Waals surface area contributed by atoms with Crippen LogP contribution in [0.2, 0.25) is 0 Å². The summed E-state index contributed by atoms with van der Waals surface area (Å²) in [4.78, 5) is 24.4. The Kier molecular flexibility index (Phi) is 9.18. The molecule has 5 heteroatoms. The molecular weight excluding hydrogens is 330 g/mol. The topological polar surface area (TPSA) is 66.8 Å². The standard InChI is InChI=1S/C21H31NO4/c23-19(17-21(24)25)8-5-7-18-9-11-20(12-10-18)26-16-6-15-22-13-3-1-2-4-14-22/h9-12H,1-8,13-17H2,(H,24,25). The molecule has 26 heavy (non-hydrogen) atoms. The van der Waals surface area contributed by atoms with Gasteiger partial charge in [0.05, 0.1) is 6.61 Å². The van der Waals surface area contributed by atoms with Crippen molar-refractivity contribution in [2.45, 2.75) is 57.8 Å². The number of hydrogen-bond acceptors (Lipinski definition) is 4. The number of Topliss-reactive ketones (excluding diaryl/α,β-unsaturated/α-hetero) is 1.